The van der Waals surface area contributed by atoms with Crippen molar-refractivity contribution >= 4 is 17.6 Å². The van der Waals surface area contributed by atoms with E-state index >= 15 is 0 Å². The number of allylic oxidation sites excluding steroid dienone is 2. The van der Waals surface area contributed by atoms with Crippen LogP contribution in [0.5, 0.6) is 5.75 Å². The first-order valence-electron chi connectivity index (χ1n) is 13.0. The van der Waals surface area contributed by atoms with Gasteiger partial charge in [-0.1, -0.05) is 30.3 Å². The van der Waals surface area contributed by atoms with E-state index < -0.39 is 28.9 Å². The molecule has 1 aliphatic heterocycles. The number of rotatable bonds is 14. The molecule has 214 valence electrons. The van der Waals surface area contributed by atoms with Crippen LogP contribution in [0, 0.1) is 10.1 Å². The Morgan fingerprint density at radius 3 is 2.42 bits per heavy atom. The summed E-state index contributed by atoms with van der Waals surface area (Å²) < 4.78 is 16.0. The van der Waals surface area contributed by atoms with Crippen molar-refractivity contribution in [1.29, 1.82) is 0 Å². The summed E-state index contributed by atoms with van der Waals surface area (Å²) in [5, 5.41) is 27.7. The Bertz CT molecular complexity index is 1260. The maximum absolute atomic E-state index is 13.3. The lowest BCUT2D eigenvalue weighted by Gasteiger charge is -2.30. The zero-order chi connectivity index (χ0) is 29.1. The number of aliphatic hydroxyl groups excluding tert-OH is 1. The second-order valence-corrected chi connectivity index (χ2v) is 9.30. The molecule has 40 heavy (non-hydrogen) atoms. The molecule has 1 aliphatic rings. The van der Waals surface area contributed by atoms with Gasteiger partial charge >= 0.3 is 11.9 Å². The fourth-order valence-corrected chi connectivity index (χ4v) is 4.43. The Morgan fingerprint density at radius 2 is 1.75 bits per heavy atom. The van der Waals surface area contributed by atoms with Crippen molar-refractivity contribution in [2.75, 3.05) is 33.4 Å². The number of hydrogen-bond acceptors (Lipinski definition) is 10. The van der Waals surface area contributed by atoms with E-state index in [0.717, 1.165) is 0 Å². The van der Waals surface area contributed by atoms with Gasteiger partial charge in [-0.05, 0) is 50.9 Å². The number of non-ortho nitro benzene ring substituents is 1. The van der Waals surface area contributed by atoms with Gasteiger partial charge in [-0.3, -0.25) is 10.1 Å². The fraction of sp³-hybridized carbons (Fsp3) is 0.379. The SMILES string of the molecule is COC(=O)C1=C(C)NC(C)=C(C(=O)OCCCCNC[C@@H](O)COc2ccccc2)[C@H]1c1cccc([N+](=O)[O-])c1. The second kappa shape index (κ2) is 14.8. The van der Waals surface area contributed by atoms with E-state index in [-0.39, 0.29) is 30.0 Å². The Hall–Kier alpha value is -4.22. The van der Waals surface area contributed by atoms with E-state index in [1.165, 1.54) is 25.3 Å². The van der Waals surface area contributed by atoms with Gasteiger partial charge in [0.15, 0.2) is 0 Å². The monoisotopic (exact) mass is 553 g/mol. The number of aliphatic hydroxyl groups is 1. The minimum Gasteiger partial charge on any atom is -0.491 e. The van der Waals surface area contributed by atoms with Gasteiger partial charge in [0.1, 0.15) is 18.5 Å². The summed E-state index contributed by atoms with van der Waals surface area (Å²) in [5.41, 5.74) is 1.58. The molecule has 0 aromatic heterocycles. The number of hydrogen-bond donors (Lipinski definition) is 3. The van der Waals surface area contributed by atoms with Gasteiger partial charge in [-0.15, -0.1) is 0 Å². The van der Waals surface area contributed by atoms with Gasteiger partial charge in [-0.2, -0.15) is 0 Å². The Balaban J connectivity index is 1.55. The van der Waals surface area contributed by atoms with Crippen molar-refractivity contribution in [2.45, 2.75) is 38.7 Å². The van der Waals surface area contributed by atoms with E-state index in [1.807, 2.05) is 30.3 Å². The highest BCUT2D eigenvalue weighted by Crippen LogP contribution is 2.40. The molecule has 0 amide bonds. The smallest absolute Gasteiger partial charge is 0.336 e. The molecule has 0 fully saturated rings. The van der Waals surface area contributed by atoms with Crippen LogP contribution in [0.4, 0.5) is 5.69 Å². The zero-order valence-corrected chi connectivity index (χ0v) is 22.8. The molecule has 1 heterocycles. The van der Waals surface area contributed by atoms with Crippen LogP contribution in [0.1, 0.15) is 38.2 Å². The first-order valence-corrected chi connectivity index (χ1v) is 13.0. The molecule has 0 saturated carbocycles. The standard InChI is InChI=1S/C29H35N3O8/c1-19-25(28(34)38-3)27(21-10-9-11-22(16-21)32(36)37)26(20(2)31-19)29(35)39-15-8-7-14-30-17-23(33)18-40-24-12-5-4-6-13-24/h4-6,9-13,16,23,27,30-31,33H,7-8,14-15,17-18H2,1-3H3/t23-,27+/m1/s1. The van der Waals surface area contributed by atoms with Gasteiger partial charge in [-0.25, -0.2) is 9.59 Å². The van der Waals surface area contributed by atoms with Gasteiger partial charge in [0.05, 0.1) is 35.7 Å². The minimum atomic E-state index is -0.901. The van der Waals surface area contributed by atoms with Crippen LogP contribution in [-0.4, -0.2) is 61.5 Å². The molecule has 0 bridgehead atoms. The molecule has 11 heteroatoms. The number of nitrogens with zero attached hydrogens (tertiary/aromatic N) is 1. The number of ether oxygens (including phenoxy) is 3. The third-order valence-corrected chi connectivity index (χ3v) is 6.35. The van der Waals surface area contributed by atoms with E-state index in [2.05, 4.69) is 10.6 Å². The summed E-state index contributed by atoms with van der Waals surface area (Å²) in [4.78, 5) is 36.8. The fourth-order valence-electron chi connectivity index (χ4n) is 4.43. The highest BCUT2D eigenvalue weighted by atomic mass is 16.6. The molecule has 2 aromatic rings. The van der Waals surface area contributed by atoms with E-state index in [0.29, 0.717) is 48.6 Å². The van der Waals surface area contributed by atoms with Crippen LogP contribution in [0.15, 0.2) is 77.1 Å². The van der Waals surface area contributed by atoms with Crippen molar-refractivity contribution in [3.63, 3.8) is 0 Å². The largest absolute Gasteiger partial charge is 0.491 e. The lowest BCUT2D eigenvalue weighted by molar-refractivity contribution is -0.384. The molecule has 3 N–H and O–H groups in total. The van der Waals surface area contributed by atoms with Crippen molar-refractivity contribution in [2.24, 2.45) is 0 Å². The summed E-state index contributed by atoms with van der Waals surface area (Å²) >= 11 is 0. The van der Waals surface area contributed by atoms with E-state index in [4.69, 9.17) is 14.2 Å². The van der Waals surface area contributed by atoms with E-state index in [1.54, 1.807) is 19.9 Å². The van der Waals surface area contributed by atoms with Gasteiger partial charge < -0.3 is 30.0 Å². The average Bonchev–Trinajstić information content (AvgIpc) is 2.95. The Labute approximate surface area is 233 Å². The highest BCUT2D eigenvalue weighted by Gasteiger charge is 2.38. The maximum Gasteiger partial charge on any atom is 0.336 e. The molecular formula is C29H35N3O8. The summed E-state index contributed by atoms with van der Waals surface area (Å²) in [6.07, 6.45) is 0.587. The number of methoxy groups -OCH3 is 1. The first-order chi connectivity index (χ1) is 19.2. The van der Waals surface area contributed by atoms with Gasteiger partial charge in [0.2, 0.25) is 0 Å². The van der Waals surface area contributed by atoms with E-state index in [9.17, 15) is 24.8 Å². The van der Waals surface area contributed by atoms with Crippen LogP contribution in [0.25, 0.3) is 0 Å². The summed E-state index contributed by atoms with van der Waals surface area (Å²) in [6.45, 7) is 4.64. The molecular weight excluding hydrogens is 518 g/mol. The molecule has 0 aliphatic carbocycles. The molecule has 3 rings (SSSR count). The number of para-hydroxylation sites is 1. The quantitative estimate of drug-likeness (QED) is 0.138. The Morgan fingerprint density at radius 1 is 1.05 bits per heavy atom. The van der Waals surface area contributed by atoms with Crippen LogP contribution in [0.3, 0.4) is 0 Å². The van der Waals surface area contributed by atoms with Gasteiger partial charge in [0.25, 0.3) is 5.69 Å². The maximum atomic E-state index is 13.3. The number of nitro benzene ring substituents is 1. The van der Waals surface area contributed by atoms with Crippen molar-refractivity contribution in [3.8, 4) is 5.75 Å². The van der Waals surface area contributed by atoms with Crippen molar-refractivity contribution in [3.05, 3.63) is 92.8 Å². The second-order valence-electron chi connectivity index (χ2n) is 9.30. The van der Waals surface area contributed by atoms with Crippen LogP contribution in [0.2, 0.25) is 0 Å². The number of benzene rings is 2. The molecule has 0 unspecified atom stereocenters. The third-order valence-electron chi connectivity index (χ3n) is 6.35. The molecule has 0 saturated heterocycles. The van der Waals surface area contributed by atoms with Gasteiger partial charge in [0, 0.05) is 30.1 Å². The lowest BCUT2D eigenvalue weighted by atomic mass is 9.80. The van der Waals surface area contributed by atoms with Crippen LogP contribution < -0.4 is 15.4 Å². The number of esters is 2. The number of unbranched alkanes of at least 4 members (excludes halogenated alkanes) is 1. The first kappa shape index (κ1) is 30.3. The number of dihydropyridines is 1. The molecule has 2 aromatic carbocycles. The number of carbonyl (C=O) groups excluding carboxylic acids is 2. The molecule has 11 nitrogen and oxygen atoms in total. The number of nitrogens with one attached hydrogen (secondary N) is 2. The minimum absolute atomic E-state index is 0.134. The normalized spacial score (nSPS) is 15.8. The highest BCUT2D eigenvalue weighted by molar-refractivity contribution is 5.99. The number of carbonyl (C=O) groups is 2. The average molecular weight is 554 g/mol. The lowest BCUT2D eigenvalue weighted by Crippen LogP contribution is -2.32. The third kappa shape index (κ3) is 8.14. The summed E-state index contributed by atoms with van der Waals surface area (Å²) in [7, 11) is 1.24. The summed E-state index contributed by atoms with van der Waals surface area (Å²) in [6, 6.07) is 15.1. The molecule has 2 atom stereocenters. The number of nitro groups is 1. The topological polar surface area (TPSA) is 149 Å². The van der Waals surface area contributed by atoms with Crippen molar-refractivity contribution in [1.82, 2.24) is 10.6 Å². The zero-order valence-electron chi connectivity index (χ0n) is 22.8. The predicted molar refractivity (Wildman–Crippen MR) is 147 cm³/mol. The predicted octanol–water partition coefficient (Wildman–Crippen LogP) is 3.36. The summed E-state index contributed by atoms with van der Waals surface area (Å²) in [5.74, 6) is -1.49. The van der Waals surface area contributed by atoms with Crippen molar-refractivity contribution < 1.29 is 33.8 Å². The molecule has 0 spiro atoms. The van der Waals surface area contributed by atoms with Crippen LogP contribution in [-0.2, 0) is 19.1 Å². The Kier molecular flexibility index (Phi) is 11.2. The molecule has 0 radical (unpaired) electrons. The van der Waals surface area contributed by atoms with Crippen LogP contribution >= 0.6 is 0 Å².